The molecule has 2 rings (SSSR count). The van der Waals surface area contributed by atoms with E-state index >= 15 is 0 Å². The lowest BCUT2D eigenvalue weighted by molar-refractivity contribution is 1.04. The Morgan fingerprint density at radius 2 is 2.15 bits per heavy atom. The van der Waals surface area contributed by atoms with Crippen LogP contribution in [0.4, 0.5) is 0 Å². The Bertz CT molecular complexity index is 403. The van der Waals surface area contributed by atoms with Crippen LogP contribution in [0.3, 0.4) is 0 Å². The van der Waals surface area contributed by atoms with Gasteiger partial charge < -0.3 is 0 Å². The lowest BCUT2D eigenvalue weighted by atomic mass is 10.2. The summed E-state index contributed by atoms with van der Waals surface area (Å²) < 4.78 is 0. The molecule has 0 saturated carbocycles. The molecule has 0 amide bonds. The number of rotatable bonds is 1. The summed E-state index contributed by atoms with van der Waals surface area (Å²) in [6.45, 7) is 0. The Morgan fingerprint density at radius 3 is 2.85 bits per heavy atom. The van der Waals surface area contributed by atoms with E-state index in [9.17, 15) is 0 Å². The molecule has 13 heavy (non-hydrogen) atoms. The molecule has 64 valence electrons. The molecular weight excluding hydrogens is 186 g/mol. The van der Waals surface area contributed by atoms with Gasteiger partial charge >= 0.3 is 0 Å². The summed E-state index contributed by atoms with van der Waals surface area (Å²) in [6, 6.07) is 5.51. The van der Waals surface area contributed by atoms with Crippen molar-refractivity contribution in [3.05, 3.63) is 41.8 Å². The maximum Gasteiger partial charge on any atom is 0.0959 e. The largest absolute Gasteiger partial charge is 0.264 e. The van der Waals surface area contributed by atoms with Crippen LogP contribution in [-0.4, -0.2) is 15.2 Å². The SMILES string of the molecule is Clc1cnnc(-c2cccnc2)c1. The third kappa shape index (κ3) is 1.81. The summed E-state index contributed by atoms with van der Waals surface area (Å²) in [7, 11) is 0. The van der Waals surface area contributed by atoms with Gasteiger partial charge in [0.2, 0.25) is 0 Å². The highest BCUT2D eigenvalue weighted by Gasteiger charge is 1.99. The van der Waals surface area contributed by atoms with Crippen LogP contribution < -0.4 is 0 Å². The highest BCUT2D eigenvalue weighted by atomic mass is 35.5. The monoisotopic (exact) mass is 191 g/mol. The molecule has 0 aliphatic heterocycles. The van der Waals surface area contributed by atoms with Gasteiger partial charge in [0.15, 0.2) is 0 Å². The van der Waals surface area contributed by atoms with E-state index in [-0.39, 0.29) is 0 Å². The molecule has 0 spiro atoms. The minimum atomic E-state index is 0.578. The van der Waals surface area contributed by atoms with Crippen molar-refractivity contribution in [2.24, 2.45) is 0 Å². The molecule has 2 aromatic rings. The average Bonchev–Trinajstić information content (AvgIpc) is 2.19. The number of halogens is 1. The molecule has 2 heterocycles. The Hall–Kier alpha value is -1.48. The Morgan fingerprint density at radius 1 is 1.23 bits per heavy atom. The second-order valence-corrected chi connectivity index (χ2v) is 2.94. The van der Waals surface area contributed by atoms with Gasteiger partial charge in [0, 0.05) is 18.0 Å². The van der Waals surface area contributed by atoms with Crippen molar-refractivity contribution in [3.8, 4) is 11.3 Å². The van der Waals surface area contributed by atoms with Crippen LogP contribution in [0.25, 0.3) is 11.3 Å². The fraction of sp³-hybridized carbons (Fsp3) is 0. The van der Waals surface area contributed by atoms with Gasteiger partial charge in [0.05, 0.1) is 16.9 Å². The van der Waals surface area contributed by atoms with Crippen molar-refractivity contribution in [2.75, 3.05) is 0 Å². The molecule has 0 atom stereocenters. The molecule has 2 aromatic heterocycles. The number of pyridine rings is 1. The lowest BCUT2D eigenvalue weighted by Gasteiger charge is -1.97. The van der Waals surface area contributed by atoms with E-state index in [1.165, 1.54) is 6.20 Å². The first-order valence-electron chi connectivity index (χ1n) is 3.75. The topological polar surface area (TPSA) is 38.7 Å². The predicted molar refractivity (Wildman–Crippen MR) is 50.3 cm³/mol. The van der Waals surface area contributed by atoms with Gasteiger partial charge in [0.25, 0.3) is 0 Å². The van der Waals surface area contributed by atoms with Crippen molar-refractivity contribution in [2.45, 2.75) is 0 Å². The van der Waals surface area contributed by atoms with Crippen molar-refractivity contribution in [3.63, 3.8) is 0 Å². The van der Waals surface area contributed by atoms with Crippen molar-refractivity contribution in [1.82, 2.24) is 15.2 Å². The van der Waals surface area contributed by atoms with E-state index < -0.39 is 0 Å². The van der Waals surface area contributed by atoms with Crippen LogP contribution in [0, 0.1) is 0 Å². The number of hydrogen-bond acceptors (Lipinski definition) is 3. The van der Waals surface area contributed by atoms with Crippen LogP contribution in [0.2, 0.25) is 5.02 Å². The highest BCUT2D eigenvalue weighted by Crippen LogP contribution is 2.17. The predicted octanol–water partition coefficient (Wildman–Crippen LogP) is 2.19. The zero-order chi connectivity index (χ0) is 9.10. The first-order valence-corrected chi connectivity index (χ1v) is 4.13. The smallest absolute Gasteiger partial charge is 0.0959 e. The minimum absolute atomic E-state index is 0.578. The molecule has 0 aliphatic carbocycles. The zero-order valence-electron chi connectivity index (χ0n) is 6.68. The molecule has 0 N–H and O–H groups in total. The lowest BCUT2D eigenvalue weighted by Crippen LogP contribution is -1.86. The summed E-state index contributed by atoms with van der Waals surface area (Å²) >= 11 is 5.77. The Kier molecular flexibility index (Phi) is 2.19. The van der Waals surface area contributed by atoms with Gasteiger partial charge in [-0.1, -0.05) is 11.6 Å². The second kappa shape index (κ2) is 3.49. The molecule has 3 nitrogen and oxygen atoms in total. The normalized spacial score (nSPS) is 9.92. The molecule has 0 aliphatic rings. The summed E-state index contributed by atoms with van der Waals surface area (Å²) in [4.78, 5) is 3.98. The van der Waals surface area contributed by atoms with Crippen molar-refractivity contribution >= 4 is 11.6 Å². The molecule has 0 saturated heterocycles. The molecule has 4 heteroatoms. The maximum atomic E-state index is 5.77. The van der Waals surface area contributed by atoms with Gasteiger partial charge in [-0.25, -0.2) is 0 Å². The van der Waals surface area contributed by atoms with Crippen LogP contribution in [0.1, 0.15) is 0 Å². The number of nitrogens with zero attached hydrogens (tertiary/aromatic N) is 3. The van der Waals surface area contributed by atoms with Gasteiger partial charge in [-0.05, 0) is 18.2 Å². The zero-order valence-corrected chi connectivity index (χ0v) is 7.44. The Labute approximate surface area is 80.4 Å². The minimum Gasteiger partial charge on any atom is -0.264 e. The molecular formula is C9H6ClN3. The summed E-state index contributed by atoms with van der Waals surface area (Å²) in [5, 5.41) is 8.26. The molecule has 0 unspecified atom stereocenters. The van der Waals surface area contributed by atoms with E-state index in [4.69, 9.17) is 11.6 Å². The molecule has 0 aromatic carbocycles. The second-order valence-electron chi connectivity index (χ2n) is 2.50. The first kappa shape index (κ1) is 8.13. The third-order valence-corrected chi connectivity index (χ3v) is 1.79. The van der Waals surface area contributed by atoms with E-state index in [2.05, 4.69) is 15.2 Å². The summed E-state index contributed by atoms with van der Waals surface area (Å²) in [5.41, 5.74) is 1.65. The quantitative estimate of drug-likeness (QED) is 0.694. The van der Waals surface area contributed by atoms with Crippen LogP contribution in [-0.2, 0) is 0 Å². The van der Waals surface area contributed by atoms with E-state index in [0.717, 1.165) is 11.3 Å². The third-order valence-electron chi connectivity index (χ3n) is 1.58. The number of hydrogen-bond donors (Lipinski definition) is 0. The van der Waals surface area contributed by atoms with Gasteiger partial charge in [-0.15, -0.1) is 0 Å². The van der Waals surface area contributed by atoms with E-state index in [1.54, 1.807) is 18.5 Å². The molecule has 0 radical (unpaired) electrons. The van der Waals surface area contributed by atoms with Gasteiger partial charge in [-0.3, -0.25) is 4.98 Å². The molecule has 0 fully saturated rings. The summed E-state index contributed by atoms with van der Waals surface area (Å²) in [6.07, 6.45) is 4.93. The van der Waals surface area contributed by atoms with Crippen LogP contribution in [0.5, 0.6) is 0 Å². The fourth-order valence-electron chi connectivity index (χ4n) is 0.998. The highest BCUT2D eigenvalue weighted by molar-refractivity contribution is 6.30. The van der Waals surface area contributed by atoms with Crippen molar-refractivity contribution in [1.29, 1.82) is 0 Å². The summed E-state index contributed by atoms with van der Waals surface area (Å²) in [5.74, 6) is 0. The fourth-order valence-corrected chi connectivity index (χ4v) is 1.15. The van der Waals surface area contributed by atoms with E-state index in [1.807, 2.05) is 12.1 Å². The number of aromatic nitrogens is 3. The Balaban J connectivity index is 2.48. The van der Waals surface area contributed by atoms with Gasteiger partial charge in [0.1, 0.15) is 0 Å². The first-order chi connectivity index (χ1) is 6.36. The maximum absolute atomic E-state index is 5.77. The average molecular weight is 192 g/mol. The molecule has 0 bridgehead atoms. The van der Waals surface area contributed by atoms with Crippen LogP contribution >= 0.6 is 11.6 Å². The van der Waals surface area contributed by atoms with Crippen molar-refractivity contribution < 1.29 is 0 Å². The van der Waals surface area contributed by atoms with Gasteiger partial charge in [-0.2, -0.15) is 10.2 Å². The van der Waals surface area contributed by atoms with Crippen LogP contribution in [0.15, 0.2) is 36.8 Å². The standard InChI is InChI=1S/C9H6ClN3/c10-8-4-9(13-12-6-8)7-2-1-3-11-5-7/h1-6H. The van der Waals surface area contributed by atoms with E-state index in [0.29, 0.717) is 5.02 Å².